The van der Waals surface area contributed by atoms with E-state index in [1.54, 1.807) is 15.9 Å². The number of nitrogens with one attached hydrogen (secondary N) is 1. The number of hydrogen-bond donors (Lipinski definition) is 1. The van der Waals surface area contributed by atoms with Crippen LogP contribution in [-0.4, -0.2) is 20.7 Å². The first-order valence-electron chi connectivity index (χ1n) is 10.2. The molecule has 31 heavy (non-hydrogen) atoms. The minimum Gasteiger partial charge on any atom is -0.350 e. The summed E-state index contributed by atoms with van der Waals surface area (Å²) in [6.45, 7) is 2.36. The molecule has 1 saturated carbocycles. The van der Waals surface area contributed by atoms with Crippen LogP contribution in [0, 0.1) is 0 Å². The number of para-hydroxylation sites is 1. The third kappa shape index (κ3) is 4.20. The maximum Gasteiger partial charge on any atom is 0.267 e. The third-order valence-electron chi connectivity index (χ3n) is 5.31. The van der Waals surface area contributed by atoms with Crippen LogP contribution in [-0.2, 0) is 11.3 Å². The van der Waals surface area contributed by atoms with E-state index in [9.17, 15) is 9.59 Å². The molecule has 1 amide bonds. The molecule has 0 spiro atoms. The van der Waals surface area contributed by atoms with E-state index in [-0.39, 0.29) is 16.7 Å². The molecule has 1 fully saturated rings. The summed E-state index contributed by atoms with van der Waals surface area (Å²) >= 11 is 4.46. The van der Waals surface area contributed by atoms with Gasteiger partial charge in [0.05, 0.1) is 22.9 Å². The molecule has 1 aromatic carbocycles. The summed E-state index contributed by atoms with van der Waals surface area (Å²) in [4.78, 5) is 33.0. The van der Waals surface area contributed by atoms with Gasteiger partial charge in [-0.05, 0) is 60.2 Å². The zero-order chi connectivity index (χ0) is 21.4. The maximum absolute atomic E-state index is 13.6. The Morgan fingerprint density at radius 2 is 2.03 bits per heavy atom. The monoisotopic (exact) mass is 467 g/mol. The van der Waals surface area contributed by atoms with Crippen molar-refractivity contribution >= 4 is 50.6 Å². The van der Waals surface area contributed by atoms with E-state index >= 15 is 0 Å². The van der Waals surface area contributed by atoms with E-state index in [4.69, 9.17) is 4.98 Å². The average molecular weight is 468 g/mol. The molecule has 1 unspecified atom stereocenters. The first kappa shape index (κ1) is 20.5. The molecule has 0 aliphatic heterocycles. The highest BCUT2D eigenvalue weighted by Crippen LogP contribution is 2.44. The highest BCUT2D eigenvalue weighted by atomic mass is 32.2. The average Bonchev–Trinajstić information content (AvgIpc) is 3.31. The number of amides is 1. The van der Waals surface area contributed by atoms with Gasteiger partial charge in [0.15, 0.2) is 5.16 Å². The predicted octanol–water partition coefficient (Wildman–Crippen LogP) is 5.18. The van der Waals surface area contributed by atoms with Crippen molar-refractivity contribution < 1.29 is 4.79 Å². The zero-order valence-electron chi connectivity index (χ0n) is 16.9. The molecule has 3 aromatic heterocycles. The second kappa shape index (κ2) is 8.61. The van der Waals surface area contributed by atoms with E-state index in [1.165, 1.54) is 23.1 Å². The van der Waals surface area contributed by atoms with Crippen molar-refractivity contribution in [2.45, 2.75) is 42.6 Å². The topological polar surface area (TPSA) is 64.0 Å². The van der Waals surface area contributed by atoms with Crippen molar-refractivity contribution in [2.75, 3.05) is 0 Å². The van der Waals surface area contributed by atoms with Gasteiger partial charge in [-0.1, -0.05) is 36.0 Å². The van der Waals surface area contributed by atoms with Crippen LogP contribution in [0.15, 0.2) is 63.2 Å². The smallest absolute Gasteiger partial charge is 0.267 e. The minimum atomic E-state index is -0.387. The van der Waals surface area contributed by atoms with Crippen molar-refractivity contribution in [2.24, 2.45) is 0 Å². The molecule has 5 rings (SSSR count). The van der Waals surface area contributed by atoms with E-state index in [2.05, 4.69) is 10.7 Å². The number of aromatic nitrogens is 2. The lowest BCUT2D eigenvalue weighted by atomic mass is 10.1. The van der Waals surface area contributed by atoms with Crippen LogP contribution < -0.4 is 10.9 Å². The first-order valence-corrected chi connectivity index (χ1v) is 12.8. The second-order valence-electron chi connectivity index (χ2n) is 7.57. The van der Waals surface area contributed by atoms with Crippen LogP contribution in [0.2, 0.25) is 0 Å². The summed E-state index contributed by atoms with van der Waals surface area (Å²) in [6, 6.07) is 13.5. The van der Waals surface area contributed by atoms with Crippen molar-refractivity contribution in [1.82, 2.24) is 14.9 Å². The Balaban J connectivity index is 1.50. The van der Waals surface area contributed by atoms with Gasteiger partial charge >= 0.3 is 0 Å². The first-order chi connectivity index (χ1) is 15.1. The third-order valence-corrected chi connectivity index (χ3v) is 8.12. The molecule has 158 valence electrons. The van der Waals surface area contributed by atoms with Crippen LogP contribution >= 0.6 is 34.4 Å². The van der Waals surface area contributed by atoms with Gasteiger partial charge in [-0.25, -0.2) is 4.98 Å². The van der Waals surface area contributed by atoms with Crippen LogP contribution in [0.4, 0.5) is 0 Å². The zero-order valence-corrected chi connectivity index (χ0v) is 19.4. The molecule has 1 atom stereocenters. The minimum absolute atomic E-state index is 0.0481. The Kier molecular flexibility index (Phi) is 5.69. The molecular weight excluding hydrogens is 446 g/mol. The second-order valence-corrected chi connectivity index (χ2v) is 10.8. The van der Waals surface area contributed by atoms with Gasteiger partial charge in [0.25, 0.3) is 5.56 Å². The van der Waals surface area contributed by atoms with Gasteiger partial charge in [0.2, 0.25) is 5.91 Å². The fourth-order valence-electron chi connectivity index (χ4n) is 3.51. The van der Waals surface area contributed by atoms with E-state index in [0.29, 0.717) is 17.6 Å². The van der Waals surface area contributed by atoms with Crippen molar-refractivity contribution in [3.8, 4) is 5.69 Å². The van der Waals surface area contributed by atoms with Gasteiger partial charge in [-0.3, -0.25) is 14.2 Å². The fraction of sp³-hybridized carbons (Fsp3) is 0.261. The molecule has 1 N–H and O–H groups in total. The SMILES string of the molecule is CC(Sc1nc2scc(C3CC3)c2c(=O)n1-c1ccccc1)C(=O)NCc1cccs1. The van der Waals surface area contributed by atoms with Gasteiger partial charge in [0.1, 0.15) is 4.83 Å². The molecular formula is C23H21N3O2S3. The number of thiophene rings is 2. The molecule has 1 aliphatic rings. The summed E-state index contributed by atoms with van der Waals surface area (Å²) < 4.78 is 1.66. The molecule has 3 heterocycles. The van der Waals surface area contributed by atoms with E-state index in [0.717, 1.165) is 39.2 Å². The molecule has 0 saturated heterocycles. The van der Waals surface area contributed by atoms with Gasteiger partial charge in [-0.2, -0.15) is 0 Å². The summed E-state index contributed by atoms with van der Waals surface area (Å²) in [5.74, 6) is 0.408. The van der Waals surface area contributed by atoms with E-state index < -0.39 is 0 Å². The van der Waals surface area contributed by atoms with Gasteiger partial charge < -0.3 is 5.32 Å². The molecule has 0 bridgehead atoms. The predicted molar refractivity (Wildman–Crippen MR) is 129 cm³/mol. The molecule has 0 radical (unpaired) electrons. The summed E-state index contributed by atoms with van der Waals surface area (Å²) in [7, 11) is 0. The van der Waals surface area contributed by atoms with Crippen LogP contribution in [0.3, 0.4) is 0 Å². The van der Waals surface area contributed by atoms with Gasteiger partial charge in [0, 0.05) is 4.88 Å². The number of carbonyl (C=O) groups excluding carboxylic acids is 1. The van der Waals surface area contributed by atoms with Gasteiger partial charge in [-0.15, -0.1) is 22.7 Å². The lowest BCUT2D eigenvalue weighted by molar-refractivity contribution is -0.120. The molecule has 4 aromatic rings. The van der Waals surface area contributed by atoms with Crippen molar-refractivity contribution in [1.29, 1.82) is 0 Å². The lowest BCUT2D eigenvalue weighted by Gasteiger charge is -2.16. The number of hydrogen-bond acceptors (Lipinski definition) is 6. The summed E-state index contributed by atoms with van der Waals surface area (Å²) in [5, 5.41) is 7.95. The number of benzene rings is 1. The number of thioether (sulfide) groups is 1. The Morgan fingerprint density at radius 3 is 2.74 bits per heavy atom. The van der Waals surface area contributed by atoms with Crippen molar-refractivity contribution in [3.63, 3.8) is 0 Å². The molecule has 8 heteroatoms. The lowest BCUT2D eigenvalue weighted by Crippen LogP contribution is -2.31. The van der Waals surface area contributed by atoms with Crippen molar-refractivity contribution in [3.05, 3.63) is 74.0 Å². The Bertz CT molecular complexity index is 1270. The molecule has 5 nitrogen and oxygen atoms in total. The Hall–Kier alpha value is -2.42. The number of rotatable bonds is 7. The fourth-order valence-corrected chi connectivity index (χ4v) is 6.17. The maximum atomic E-state index is 13.6. The Morgan fingerprint density at radius 1 is 1.23 bits per heavy atom. The molecule has 1 aliphatic carbocycles. The number of nitrogens with zero attached hydrogens (tertiary/aromatic N) is 2. The quantitative estimate of drug-likeness (QED) is 0.300. The number of carbonyl (C=O) groups is 1. The van der Waals surface area contributed by atoms with Crippen LogP contribution in [0.25, 0.3) is 15.9 Å². The van der Waals surface area contributed by atoms with E-state index in [1.807, 2.05) is 54.8 Å². The normalized spacial score (nSPS) is 14.6. The summed E-state index contributed by atoms with van der Waals surface area (Å²) in [5.41, 5.74) is 1.84. The highest BCUT2D eigenvalue weighted by Gasteiger charge is 2.29. The Labute approximate surface area is 192 Å². The van der Waals surface area contributed by atoms with Crippen LogP contribution in [0.1, 0.15) is 36.1 Å². The number of fused-ring (bicyclic) bond motifs is 1. The highest BCUT2D eigenvalue weighted by molar-refractivity contribution is 8.00. The standard InChI is InChI=1S/C23H21N3O2S3/c1-14(20(27)24-12-17-8-5-11-29-17)31-23-25-21-19(18(13-30-21)15-9-10-15)22(28)26(23)16-6-3-2-4-7-16/h2-8,11,13-15H,9-10,12H2,1H3,(H,24,27). The van der Waals surface area contributed by atoms with Crippen LogP contribution in [0.5, 0.6) is 0 Å². The summed E-state index contributed by atoms with van der Waals surface area (Å²) in [6.07, 6.45) is 2.27. The largest absolute Gasteiger partial charge is 0.350 e.